The van der Waals surface area contributed by atoms with Crippen LogP contribution in [0.2, 0.25) is 0 Å². The van der Waals surface area contributed by atoms with Crippen molar-refractivity contribution in [2.24, 2.45) is 4.99 Å². The monoisotopic (exact) mass is 364 g/mol. The summed E-state index contributed by atoms with van der Waals surface area (Å²) in [5.74, 6) is 1.94. The number of nitrogens with one attached hydrogen (secondary N) is 2. The Labute approximate surface area is 156 Å². The standard InChI is InChI=1S/C19H32N4O3/c1-3-16(23-12-4-8-18(23)24)9-11-22-19(20-2)21-10-6-13-25-15-17-7-5-14-26-17/h5,7,14,16H,3-4,6,8-13,15H2,1-2H3,(H2,20,21,22). The first-order valence-corrected chi connectivity index (χ1v) is 9.58. The third-order valence-electron chi connectivity index (χ3n) is 4.60. The average Bonchev–Trinajstić information content (AvgIpc) is 3.31. The predicted octanol–water partition coefficient (Wildman–Crippen LogP) is 2.14. The summed E-state index contributed by atoms with van der Waals surface area (Å²) in [6.45, 7) is 5.82. The van der Waals surface area contributed by atoms with Crippen molar-refractivity contribution in [3.05, 3.63) is 24.2 Å². The molecule has 1 aromatic rings. The highest BCUT2D eigenvalue weighted by Crippen LogP contribution is 2.17. The molecule has 26 heavy (non-hydrogen) atoms. The van der Waals surface area contributed by atoms with Crippen molar-refractivity contribution in [1.29, 1.82) is 0 Å². The molecule has 1 amide bonds. The van der Waals surface area contributed by atoms with E-state index in [1.165, 1.54) is 0 Å². The largest absolute Gasteiger partial charge is 0.467 e. The van der Waals surface area contributed by atoms with Gasteiger partial charge in [0, 0.05) is 45.8 Å². The quantitative estimate of drug-likeness (QED) is 0.357. The fourth-order valence-electron chi connectivity index (χ4n) is 3.16. The second kappa shape index (κ2) is 11.6. The van der Waals surface area contributed by atoms with Crippen LogP contribution in [0.25, 0.3) is 0 Å². The van der Waals surface area contributed by atoms with E-state index in [4.69, 9.17) is 9.15 Å². The van der Waals surface area contributed by atoms with Gasteiger partial charge in [-0.25, -0.2) is 0 Å². The van der Waals surface area contributed by atoms with Gasteiger partial charge in [-0.15, -0.1) is 0 Å². The van der Waals surface area contributed by atoms with Crippen molar-refractivity contribution in [1.82, 2.24) is 15.5 Å². The number of guanidine groups is 1. The minimum absolute atomic E-state index is 0.300. The van der Waals surface area contributed by atoms with Crippen LogP contribution in [0, 0.1) is 0 Å². The smallest absolute Gasteiger partial charge is 0.222 e. The lowest BCUT2D eigenvalue weighted by molar-refractivity contribution is -0.129. The van der Waals surface area contributed by atoms with Crippen LogP contribution in [0.5, 0.6) is 0 Å². The second-order valence-electron chi connectivity index (χ2n) is 6.45. The zero-order valence-corrected chi connectivity index (χ0v) is 16.0. The van der Waals surface area contributed by atoms with Gasteiger partial charge in [-0.2, -0.15) is 0 Å². The van der Waals surface area contributed by atoms with Gasteiger partial charge < -0.3 is 24.7 Å². The molecule has 0 aliphatic carbocycles. The number of hydrogen-bond donors (Lipinski definition) is 2. The predicted molar refractivity (Wildman–Crippen MR) is 102 cm³/mol. The van der Waals surface area contributed by atoms with E-state index >= 15 is 0 Å². The Balaban J connectivity index is 1.54. The maximum atomic E-state index is 11.9. The van der Waals surface area contributed by atoms with E-state index < -0.39 is 0 Å². The van der Waals surface area contributed by atoms with E-state index in [2.05, 4.69) is 22.5 Å². The Bertz CT molecular complexity index is 545. The lowest BCUT2D eigenvalue weighted by atomic mass is 10.1. The molecule has 2 N–H and O–H groups in total. The van der Waals surface area contributed by atoms with E-state index in [-0.39, 0.29) is 0 Å². The van der Waals surface area contributed by atoms with Crippen LogP contribution in [0.1, 0.15) is 44.8 Å². The number of furan rings is 1. The molecule has 1 unspecified atom stereocenters. The summed E-state index contributed by atoms with van der Waals surface area (Å²) in [6.07, 6.45) is 6.17. The van der Waals surface area contributed by atoms with E-state index in [9.17, 15) is 4.79 Å². The van der Waals surface area contributed by atoms with Crippen molar-refractivity contribution >= 4 is 11.9 Å². The van der Waals surface area contributed by atoms with Crippen LogP contribution >= 0.6 is 0 Å². The molecular formula is C19H32N4O3. The molecular weight excluding hydrogens is 332 g/mol. The molecule has 1 aliphatic rings. The van der Waals surface area contributed by atoms with Crippen molar-refractivity contribution in [3.63, 3.8) is 0 Å². The Morgan fingerprint density at radius 1 is 1.42 bits per heavy atom. The molecule has 2 heterocycles. The number of hydrogen-bond acceptors (Lipinski definition) is 4. The molecule has 0 spiro atoms. The van der Waals surface area contributed by atoms with Crippen LogP contribution in [-0.2, 0) is 16.1 Å². The van der Waals surface area contributed by atoms with Crippen LogP contribution in [0.3, 0.4) is 0 Å². The molecule has 2 rings (SSSR count). The molecule has 1 aliphatic heterocycles. The van der Waals surface area contributed by atoms with E-state index in [1.54, 1.807) is 13.3 Å². The summed E-state index contributed by atoms with van der Waals surface area (Å²) in [4.78, 5) is 18.2. The zero-order chi connectivity index (χ0) is 18.6. The van der Waals surface area contributed by atoms with Gasteiger partial charge in [0.2, 0.25) is 5.91 Å². The van der Waals surface area contributed by atoms with Gasteiger partial charge in [0.1, 0.15) is 12.4 Å². The number of carbonyl (C=O) groups is 1. The Morgan fingerprint density at radius 3 is 2.92 bits per heavy atom. The minimum Gasteiger partial charge on any atom is -0.467 e. The first kappa shape index (κ1) is 20.3. The van der Waals surface area contributed by atoms with Crippen molar-refractivity contribution in [3.8, 4) is 0 Å². The molecule has 0 saturated carbocycles. The molecule has 146 valence electrons. The SMILES string of the molecule is CCC(CCNC(=NC)NCCCOCc1ccco1)N1CCCC1=O. The topological polar surface area (TPSA) is 79.1 Å². The summed E-state index contributed by atoms with van der Waals surface area (Å²) in [5.41, 5.74) is 0. The summed E-state index contributed by atoms with van der Waals surface area (Å²) in [7, 11) is 1.77. The Morgan fingerprint density at radius 2 is 2.27 bits per heavy atom. The zero-order valence-electron chi connectivity index (χ0n) is 16.0. The molecule has 1 atom stereocenters. The normalized spacial score (nSPS) is 16.2. The van der Waals surface area contributed by atoms with Crippen LogP contribution in [0.15, 0.2) is 27.8 Å². The number of rotatable bonds is 11. The van der Waals surface area contributed by atoms with E-state index in [0.29, 0.717) is 31.6 Å². The third kappa shape index (κ3) is 6.71. The summed E-state index contributed by atoms with van der Waals surface area (Å²) >= 11 is 0. The molecule has 0 bridgehead atoms. The van der Waals surface area contributed by atoms with E-state index in [1.807, 2.05) is 17.0 Å². The summed E-state index contributed by atoms with van der Waals surface area (Å²) in [6, 6.07) is 4.09. The van der Waals surface area contributed by atoms with Gasteiger partial charge >= 0.3 is 0 Å². The van der Waals surface area contributed by atoms with Crippen LogP contribution in [-0.4, -0.2) is 56.1 Å². The molecule has 7 nitrogen and oxygen atoms in total. The van der Waals surface area contributed by atoms with Crippen molar-refractivity contribution in [2.75, 3.05) is 33.3 Å². The molecule has 1 aromatic heterocycles. The van der Waals surface area contributed by atoms with Crippen molar-refractivity contribution < 1.29 is 13.9 Å². The molecule has 7 heteroatoms. The van der Waals surface area contributed by atoms with Gasteiger partial charge in [0.25, 0.3) is 0 Å². The highest BCUT2D eigenvalue weighted by Gasteiger charge is 2.26. The number of amides is 1. The van der Waals surface area contributed by atoms with Gasteiger partial charge in [0.15, 0.2) is 5.96 Å². The number of aliphatic imine (C=N–C) groups is 1. The first-order valence-electron chi connectivity index (χ1n) is 9.58. The molecule has 1 saturated heterocycles. The fourth-order valence-corrected chi connectivity index (χ4v) is 3.16. The number of carbonyl (C=O) groups excluding carboxylic acids is 1. The lowest BCUT2D eigenvalue weighted by Gasteiger charge is -2.27. The van der Waals surface area contributed by atoms with Gasteiger partial charge in [-0.3, -0.25) is 9.79 Å². The number of ether oxygens (including phenoxy) is 1. The molecule has 1 fully saturated rings. The van der Waals surface area contributed by atoms with Crippen molar-refractivity contribution in [2.45, 2.75) is 51.7 Å². The maximum Gasteiger partial charge on any atom is 0.222 e. The maximum absolute atomic E-state index is 11.9. The fraction of sp³-hybridized carbons (Fsp3) is 0.684. The van der Waals surface area contributed by atoms with E-state index in [0.717, 1.165) is 57.0 Å². The number of nitrogens with zero attached hydrogens (tertiary/aromatic N) is 2. The summed E-state index contributed by atoms with van der Waals surface area (Å²) < 4.78 is 10.8. The third-order valence-corrected chi connectivity index (χ3v) is 4.60. The highest BCUT2D eigenvalue weighted by atomic mass is 16.5. The lowest BCUT2D eigenvalue weighted by Crippen LogP contribution is -2.42. The minimum atomic E-state index is 0.300. The van der Waals surface area contributed by atoms with Crippen LogP contribution in [0.4, 0.5) is 0 Å². The average molecular weight is 364 g/mol. The second-order valence-corrected chi connectivity index (χ2v) is 6.45. The molecule has 0 radical (unpaired) electrons. The van der Waals surface area contributed by atoms with Gasteiger partial charge in [0.05, 0.1) is 6.26 Å². The number of likely N-dealkylation sites (tertiary alicyclic amines) is 1. The van der Waals surface area contributed by atoms with Gasteiger partial charge in [-0.1, -0.05) is 6.92 Å². The van der Waals surface area contributed by atoms with Gasteiger partial charge in [-0.05, 0) is 37.8 Å². The summed E-state index contributed by atoms with van der Waals surface area (Å²) in [5, 5.41) is 6.62. The molecule has 0 aromatic carbocycles. The Hall–Kier alpha value is -2.02. The highest BCUT2D eigenvalue weighted by molar-refractivity contribution is 5.79. The Kier molecular flexibility index (Phi) is 9.03. The van der Waals surface area contributed by atoms with Crippen LogP contribution < -0.4 is 10.6 Å². The first-order chi connectivity index (χ1) is 12.7.